The number of esters is 3. The third-order valence-electron chi connectivity index (χ3n) is 14.0. The summed E-state index contributed by atoms with van der Waals surface area (Å²) in [6.45, 7) is 11.4. The third kappa shape index (κ3) is 55.2. The summed E-state index contributed by atoms with van der Waals surface area (Å²) in [5.41, 5.74) is 0. The summed E-state index contributed by atoms with van der Waals surface area (Å²) < 4.78 is 16.9. The molecule has 0 bridgehead atoms. The first-order valence-corrected chi connectivity index (χ1v) is 30.2. The molecule has 1 atom stereocenters. The first-order chi connectivity index (χ1) is 32.7. The Morgan fingerprint density at radius 2 is 0.493 bits per heavy atom. The summed E-state index contributed by atoms with van der Waals surface area (Å²) in [5, 5.41) is 0. The second-order valence-electron chi connectivity index (χ2n) is 21.9. The molecule has 0 fully saturated rings. The molecule has 0 aromatic carbocycles. The smallest absolute Gasteiger partial charge is 0.306 e. The fourth-order valence-electron chi connectivity index (χ4n) is 9.40. The molecule has 0 aliphatic carbocycles. The Hall–Kier alpha value is -1.59. The molecule has 0 spiro atoms. The number of carbonyl (C=O) groups excluding carboxylic acids is 3. The van der Waals surface area contributed by atoms with Crippen LogP contribution in [0.4, 0.5) is 0 Å². The van der Waals surface area contributed by atoms with Crippen molar-refractivity contribution in [2.75, 3.05) is 13.2 Å². The van der Waals surface area contributed by atoms with Gasteiger partial charge in [-0.3, -0.25) is 14.4 Å². The number of hydrogen-bond donors (Lipinski definition) is 0. The second-order valence-corrected chi connectivity index (χ2v) is 21.9. The van der Waals surface area contributed by atoms with Gasteiger partial charge in [-0.25, -0.2) is 0 Å². The summed E-state index contributed by atoms with van der Waals surface area (Å²) in [7, 11) is 0. The van der Waals surface area contributed by atoms with Crippen LogP contribution in [0.3, 0.4) is 0 Å². The van der Waals surface area contributed by atoms with Crippen LogP contribution in [0.1, 0.15) is 343 Å². The summed E-state index contributed by atoms with van der Waals surface area (Å²) in [6, 6.07) is 0. The number of unbranched alkanes of at least 4 members (excludes halogenated alkanes) is 40. The zero-order chi connectivity index (χ0) is 48.9. The Balaban J connectivity index is 4.21. The van der Waals surface area contributed by atoms with Crippen molar-refractivity contribution in [3.05, 3.63) is 0 Å². The van der Waals surface area contributed by atoms with Crippen molar-refractivity contribution in [3.63, 3.8) is 0 Å². The highest BCUT2D eigenvalue weighted by atomic mass is 16.6. The molecular weight excluding hydrogens is 829 g/mol. The lowest BCUT2D eigenvalue weighted by Crippen LogP contribution is -2.30. The van der Waals surface area contributed by atoms with E-state index in [9.17, 15) is 14.4 Å². The van der Waals surface area contributed by atoms with Crippen molar-refractivity contribution in [3.8, 4) is 0 Å². The van der Waals surface area contributed by atoms with Crippen molar-refractivity contribution < 1.29 is 28.6 Å². The average Bonchev–Trinajstić information content (AvgIpc) is 3.30. The van der Waals surface area contributed by atoms with Gasteiger partial charge in [-0.2, -0.15) is 0 Å². The van der Waals surface area contributed by atoms with Crippen LogP contribution in [0.5, 0.6) is 0 Å². The lowest BCUT2D eigenvalue weighted by molar-refractivity contribution is -0.167. The molecule has 0 aromatic heterocycles. The molecule has 398 valence electrons. The van der Waals surface area contributed by atoms with Crippen LogP contribution in [-0.2, 0) is 28.6 Å². The largest absolute Gasteiger partial charge is 0.462 e. The van der Waals surface area contributed by atoms with Crippen molar-refractivity contribution in [2.45, 2.75) is 349 Å². The highest BCUT2D eigenvalue weighted by Gasteiger charge is 2.19. The number of ether oxygens (including phenoxy) is 3. The van der Waals surface area contributed by atoms with Gasteiger partial charge in [-0.05, 0) is 31.1 Å². The van der Waals surface area contributed by atoms with Crippen molar-refractivity contribution in [2.24, 2.45) is 11.8 Å². The first kappa shape index (κ1) is 65.4. The fourth-order valence-corrected chi connectivity index (χ4v) is 9.40. The van der Waals surface area contributed by atoms with E-state index in [1.54, 1.807) is 0 Å². The Bertz CT molecular complexity index is 1020. The molecule has 6 nitrogen and oxygen atoms in total. The van der Waals surface area contributed by atoms with Gasteiger partial charge in [0.05, 0.1) is 0 Å². The molecule has 0 rings (SSSR count). The maximum absolute atomic E-state index is 12.9. The topological polar surface area (TPSA) is 78.9 Å². The van der Waals surface area contributed by atoms with E-state index in [2.05, 4.69) is 34.6 Å². The minimum atomic E-state index is -0.763. The zero-order valence-electron chi connectivity index (χ0n) is 46.0. The van der Waals surface area contributed by atoms with E-state index >= 15 is 0 Å². The lowest BCUT2D eigenvalue weighted by Gasteiger charge is -2.18. The molecule has 0 aromatic rings. The molecule has 0 N–H and O–H groups in total. The van der Waals surface area contributed by atoms with Crippen LogP contribution in [0, 0.1) is 11.8 Å². The monoisotopic (exact) mass is 947 g/mol. The van der Waals surface area contributed by atoms with Gasteiger partial charge in [0.25, 0.3) is 0 Å². The maximum atomic E-state index is 12.9. The van der Waals surface area contributed by atoms with Crippen molar-refractivity contribution >= 4 is 17.9 Å². The van der Waals surface area contributed by atoms with Gasteiger partial charge in [-0.15, -0.1) is 0 Å². The summed E-state index contributed by atoms with van der Waals surface area (Å²) in [6.07, 6.45) is 58.3. The van der Waals surface area contributed by atoms with Crippen LogP contribution >= 0.6 is 0 Å². The summed E-state index contributed by atoms with van der Waals surface area (Å²) in [4.78, 5) is 38.1. The fraction of sp³-hybridized carbons (Fsp3) is 0.951. The highest BCUT2D eigenvalue weighted by Crippen LogP contribution is 2.19. The minimum absolute atomic E-state index is 0.0630. The predicted octanol–water partition coefficient (Wildman–Crippen LogP) is 20.0. The van der Waals surface area contributed by atoms with E-state index in [0.717, 1.165) is 69.6 Å². The van der Waals surface area contributed by atoms with E-state index in [1.165, 1.54) is 231 Å². The molecule has 67 heavy (non-hydrogen) atoms. The van der Waals surface area contributed by atoms with E-state index < -0.39 is 6.10 Å². The van der Waals surface area contributed by atoms with Gasteiger partial charge in [0.2, 0.25) is 0 Å². The zero-order valence-corrected chi connectivity index (χ0v) is 46.0. The van der Waals surface area contributed by atoms with Gasteiger partial charge < -0.3 is 14.2 Å². The predicted molar refractivity (Wildman–Crippen MR) is 289 cm³/mol. The molecule has 0 unspecified atom stereocenters. The number of hydrogen-bond acceptors (Lipinski definition) is 6. The van der Waals surface area contributed by atoms with Gasteiger partial charge in [0, 0.05) is 19.3 Å². The molecule has 0 radical (unpaired) electrons. The van der Waals surface area contributed by atoms with Gasteiger partial charge in [0.15, 0.2) is 6.10 Å². The van der Waals surface area contributed by atoms with E-state index in [-0.39, 0.29) is 31.1 Å². The summed E-state index contributed by atoms with van der Waals surface area (Å²) >= 11 is 0. The molecule has 0 heterocycles. The Morgan fingerprint density at radius 3 is 0.731 bits per heavy atom. The van der Waals surface area contributed by atoms with Gasteiger partial charge in [0.1, 0.15) is 13.2 Å². The number of rotatable bonds is 55. The van der Waals surface area contributed by atoms with Crippen LogP contribution in [0.25, 0.3) is 0 Å². The van der Waals surface area contributed by atoms with Gasteiger partial charge >= 0.3 is 17.9 Å². The third-order valence-corrected chi connectivity index (χ3v) is 14.0. The highest BCUT2D eigenvalue weighted by molar-refractivity contribution is 5.71. The normalized spacial score (nSPS) is 12.0. The lowest BCUT2D eigenvalue weighted by atomic mass is 10.0. The molecular formula is C61H118O6. The van der Waals surface area contributed by atoms with Crippen molar-refractivity contribution in [1.29, 1.82) is 0 Å². The van der Waals surface area contributed by atoms with E-state index in [4.69, 9.17) is 14.2 Å². The molecule has 0 aliphatic heterocycles. The SMILES string of the molecule is CCCCCCCCCCCCCCCCCCCCC(=O)OC[C@@H](COC(=O)CCCCCCCCCC(C)C)OC(=O)CCCCCCCCCCCCCCCCCCCCC(C)C. The van der Waals surface area contributed by atoms with Crippen molar-refractivity contribution in [1.82, 2.24) is 0 Å². The molecule has 0 amide bonds. The minimum Gasteiger partial charge on any atom is -0.462 e. The molecule has 0 aliphatic rings. The first-order valence-electron chi connectivity index (χ1n) is 30.2. The molecule has 0 saturated carbocycles. The van der Waals surface area contributed by atoms with Crippen LogP contribution in [0.2, 0.25) is 0 Å². The summed E-state index contributed by atoms with van der Waals surface area (Å²) in [5.74, 6) is 0.799. The second kappa shape index (κ2) is 53.8. The van der Waals surface area contributed by atoms with Gasteiger partial charge in [-0.1, -0.05) is 304 Å². The maximum Gasteiger partial charge on any atom is 0.306 e. The Morgan fingerprint density at radius 1 is 0.284 bits per heavy atom. The Labute approximate surface area is 418 Å². The average molecular weight is 948 g/mol. The standard InChI is InChI=1S/C61H118O6/c1-6-7-8-9-10-11-12-13-14-15-19-22-25-28-31-36-41-46-51-59(62)65-54-58(55-66-60(63)52-47-42-38-33-35-40-45-50-57(4)5)67-61(64)53-48-43-37-32-29-26-23-20-17-16-18-21-24-27-30-34-39-44-49-56(2)3/h56-58H,6-55H2,1-5H3/t58-/m0/s1. The Kier molecular flexibility index (Phi) is 52.5. The number of carbonyl (C=O) groups is 3. The van der Waals surface area contributed by atoms with Crippen LogP contribution < -0.4 is 0 Å². The van der Waals surface area contributed by atoms with E-state index in [1.807, 2.05) is 0 Å². The molecule has 6 heteroatoms. The van der Waals surface area contributed by atoms with Crippen LogP contribution in [0.15, 0.2) is 0 Å². The quantitative estimate of drug-likeness (QED) is 0.0343. The van der Waals surface area contributed by atoms with E-state index in [0.29, 0.717) is 19.3 Å². The van der Waals surface area contributed by atoms with Crippen LogP contribution in [-0.4, -0.2) is 37.2 Å². The molecule has 0 saturated heterocycles.